The van der Waals surface area contributed by atoms with Gasteiger partial charge in [-0.05, 0) is 29.2 Å². The molecule has 1 aliphatic heterocycles. The monoisotopic (exact) mass is 215 g/mol. The summed E-state index contributed by atoms with van der Waals surface area (Å²) in [7, 11) is 0. The highest BCUT2D eigenvalue weighted by Gasteiger charge is 2.12. The van der Waals surface area contributed by atoms with Gasteiger partial charge >= 0.3 is 0 Å². The van der Waals surface area contributed by atoms with Gasteiger partial charge in [-0.3, -0.25) is 5.10 Å². The molecule has 1 aromatic carbocycles. The molecular formula is C12H13N3O. The molecule has 4 nitrogen and oxygen atoms in total. The fourth-order valence-corrected chi connectivity index (χ4v) is 2.06. The summed E-state index contributed by atoms with van der Waals surface area (Å²) in [6.07, 6.45) is 2.75. The van der Waals surface area contributed by atoms with Gasteiger partial charge in [0, 0.05) is 5.56 Å². The van der Waals surface area contributed by atoms with Crippen molar-refractivity contribution in [3.63, 3.8) is 0 Å². The average Bonchev–Trinajstić information content (AvgIpc) is 2.75. The van der Waals surface area contributed by atoms with E-state index in [1.54, 1.807) is 6.20 Å². The number of aromatic amines is 1. The Labute approximate surface area is 93.4 Å². The minimum Gasteiger partial charge on any atom is -0.384 e. The second kappa shape index (κ2) is 3.64. The Kier molecular flexibility index (Phi) is 2.15. The van der Waals surface area contributed by atoms with Crippen LogP contribution in [-0.4, -0.2) is 16.8 Å². The number of fused-ring (bicyclic) bond motifs is 1. The van der Waals surface area contributed by atoms with Crippen molar-refractivity contribution >= 4 is 5.82 Å². The lowest BCUT2D eigenvalue weighted by Crippen LogP contribution is -2.09. The molecule has 0 saturated carbocycles. The molecule has 2 heterocycles. The molecular weight excluding hydrogens is 202 g/mol. The van der Waals surface area contributed by atoms with Crippen molar-refractivity contribution in [1.29, 1.82) is 0 Å². The molecule has 1 aliphatic rings. The summed E-state index contributed by atoms with van der Waals surface area (Å²) in [4.78, 5) is 0. The SMILES string of the molecule is Nc1[nH]ncc1-c1ccc2c(c1)COCC2. The smallest absolute Gasteiger partial charge is 0.126 e. The number of rotatable bonds is 1. The Bertz CT molecular complexity index is 519. The lowest BCUT2D eigenvalue weighted by Gasteiger charge is -2.17. The van der Waals surface area contributed by atoms with E-state index in [9.17, 15) is 0 Å². The van der Waals surface area contributed by atoms with Gasteiger partial charge in [0.25, 0.3) is 0 Å². The van der Waals surface area contributed by atoms with Crippen LogP contribution in [0, 0.1) is 0 Å². The second-order valence-electron chi connectivity index (χ2n) is 3.98. The lowest BCUT2D eigenvalue weighted by atomic mass is 9.98. The van der Waals surface area contributed by atoms with Gasteiger partial charge in [0.2, 0.25) is 0 Å². The number of aromatic nitrogens is 2. The number of hydrogen-bond acceptors (Lipinski definition) is 3. The number of hydrogen-bond donors (Lipinski definition) is 2. The summed E-state index contributed by atoms with van der Waals surface area (Å²) >= 11 is 0. The van der Waals surface area contributed by atoms with Gasteiger partial charge in [-0.25, -0.2) is 0 Å². The Morgan fingerprint density at radius 2 is 2.25 bits per heavy atom. The van der Waals surface area contributed by atoms with E-state index in [1.165, 1.54) is 11.1 Å². The number of nitrogens with two attached hydrogens (primary N) is 1. The fourth-order valence-electron chi connectivity index (χ4n) is 2.06. The maximum absolute atomic E-state index is 5.80. The quantitative estimate of drug-likeness (QED) is 0.761. The van der Waals surface area contributed by atoms with Crippen LogP contribution in [0.25, 0.3) is 11.1 Å². The van der Waals surface area contributed by atoms with Crippen molar-refractivity contribution in [1.82, 2.24) is 10.2 Å². The predicted octanol–water partition coefficient (Wildman–Crippen LogP) is 1.73. The molecule has 0 atom stereocenters. The van der Waals surface area contributed by atoms with Crippen LogP contribution in [0.5, 0.6) is 0 Å². The lowest BCUT2D eigenvalue weighted by molar-refractivity contribution is 0.111. The molecule has 0 saturated heterocycles. The van der Waals surface area contributed by atoms with Crippen LogP contribution in [0.3, 0.4) is 0 Å². The number of nitrogen functional groups attached to an aromatic ring is 1. The van der Waals surface area contributed by atoms with E-state index in [0.29, 0.717) is 12.4 Å². The minimum absolute atomic E-state index is 0.608. The molecule has 0 unspecified atom stereocenters. The van der Waals surface area contributed by atoms with Crippen molar-refractivity contribution in [3.05, 3.63) is 35.5 Å². The molecule has 0 radical (unpaired) electrons. The second-order valence-corrected chi connectivity index (χ2v) is 3.98. The van der Waals surface area contributed by atoms with Gasteiger partial charge in [0.05, 0.1) is 19.4 Å². The average molecular weight is 215 g/mol. The normalized spacial score (nSPS) is 14.8. The third-order valence-electron chi connectivity index (χ3n) is 2.96. The maximum Gasteiger partial charge on any atom is 0.126 e. The van der Waals surface area contributed by atoms with Crippen molar-refractivity contribution in [2.24, 2.45) is 0 Å². The van der Waals surface area contributed by atoms with Crippen molar-refractivity contribution in [3.8, 4) is 11.1 Å². The molecule has 2 aromatic rings. The van der Waals surface area contributed by atoms with Crippen LogP contribution in [0.15, 0.2) is 24.4 Å². The van der Waals surface area contributed by atoms with E-state index in [0.717, 1.165) is 24.2 Å². The van der Waals surface area contributed by atoms with Crippen molar-refractivity contribution < 1.29 is 4.74 Å². The molecule has 3 N–H and O–H groups in total. The molecule has 0 bridgehead atoms. The Hall–Kier alpha value is -1.81. The van der Waals surface area contributed by atoms with Gasteiger partial charge in [0.1, 0.15) is 5.82 Å². The highest BCUT2D eigenvalue weighted by atomic mass is 16.5. The summed E-state index contributed by atoms with van der Waals surface area (Å²) in [6.45, 7) is 1.52. The first-order valence-electron chi connectivity index (χ1n) is 5.33. The van der Waals surface area contributed by atoms with E-state index < -0.39 is 0 Å². The zero-order valence-corrected chi connectivity index (χ0v) is 8.86. The zero-order chi connectivity index (χ0) is 11.0. The molecule has 0 amide bonds. The third-order valence-corrected chi connectivity index (χ3v) is 2.96. The predicted molar refractivity (Wildman–Crippen MR) is 61.8 cm³/mol. The van der Waals surface area contributed by atoms with E-state index in [-0.39, 0.29) is 0 Å². The molecule has 3 rings (SSSR count). The Morgan fingerprint density at radius 3 is 3.06 bits per heavy atom. The first-order valence-corrected chi connectivity index (χ1v) is 5.33. The van der Waals surface area contributed by atoms with Crippen LogP contribution in [-0.2, 0) is 17.8 Å². The Morgan fingerprint density at radius 1 is 1.31 bits per heavy atom. The minimum atomic E-state index is 0.608. The van der Waals surface area contributed by atoms with Crippen molar-refractivity contribution in [2.45, 2.75) is 13.0 Å². The van der Waals surface area contributed by atoms with Gasteiger partial charge in [-0.2, -0.15) is 5.10 Å². The van der Waals surface area contributed by atoms with Gasteiger partial charge < -0.3 is 10.5 Å². The first kappa shape index (κ1) is 9.42. The van der Waals surface area contributed by atoms with Crippen LogP contribution in [0.1, 0.15) is 11.1 Å². The summed E-state index contributed by atoms with van der Waals surface area (Å²) < 4.78 is 5.44. The largest absolute Gasteiger partial charge is 0.384 e. The topological polar surface area (TPSA) is 63.9 Å². The molecule has 16 heavy (non-hydrogen) atoms. The van der Waals surface area contributed by atoms with Gasteiger partial charge in [-0.15, -0.1) is 0 Å². The molecule has 0 fully saturated rings. The van der Waals surface area contributed by atoms with Crippen LogP contribution >= 0.6 is 0 Å². The van der Waals surface area contributed by atoms with E-state index >= 15 is 0 Å². The van der Waals surface area contributed by atoms with Crippen LogP contribution < -0.4 is 5.73 Å². The Balaban J connectivity index is 2.06. The zero-order valence-electron chi connectivity index (χ0n) is 8.86. The molecule has 0 spiro atoms. The number of nitrogens with one attached hydrogen (secondary N) is 1. The summed E-state index contributed by atoms with van der Waals surface area (Å²) in [5.41, 5.74) is 10.5. The standard InChI is InChI=1S/C12H13N3O/c13-12-11(6-14-15-12)9-2-1-8-3-4-16-7-10(8)5-9/h1-2,5-6H,3-4,7H2,(H3,13,14,15). The van der Waals surface area contributed by atoms with Crippen LogP contribution in [0.2, 0.25) is 0 Å². The molecule has 1 aromatic heterocycles. The van der Waals surface area contributed by atoms with Crippen molar-refractivity contribution in [2.75, 3.05) is 12.3 Å². The van der Waals surface area contributed by atoms with Gasteiger partial charge in [-0.1, -0.05) is 12.1 Å². The number of benzene rings is 1. The maximum atomic E-state index is 5.80. The first-order chi connectivity index (χ1) is 7.84. The summed E-state index contributed by atoms with van der Waals surface area (Å²) in [5, 5.41) is 6.67. The molecule has 4 heteroatoms. The summed E-state index contributed by atoms with van der Waals surface area (Å²) in [5.74, 6) is 0.608. The van der Waals surface area contributed by atoms with E-state index in [1.807, 2.05) is 0 Å². The highest BCUT2D eigenvalue weighted by Crippen LogP contribution is 2.27. The van der Waals surface area contributed by atoms with Gasteiger partial charge in [0.15, 0.2) is 0 Å². The molecule has 82 valence electrons. The number of H-pyrrole nitrogens is 1. The summed E-state index contributed by atoms with van der Waals surface area (Å²) in [6, 6.07) is 6.38. The molecule has 0 aliphatic carbocycles. The van der Waals surface area contributed by atoms with Crippen LogP contribution in [0.4, 0.5) is 5.82 Å². The third kappa shape index (κ3) is 1.47. The number of anilines is 1. The number of ether oxygens (including phenoxy) is 1. The highest BCUT2D eigenvalue weighted by molar-refractivity contribution is 5.73. The fraction of sp³-hybridized carbons (Fsp3) is 0.250. The number of nitrogens with zero attached hydrogens (tertiary/aromatic N) is 1. The van der Waals surface area contributed by atoms with E-state index in [4.69, 9.17) is 10.5 Å². The van der Waals surface area contributed by atoms with E-state index in [2.05, 4.69) is 28.4 Å².